The molecule has 0 spiro atoms. The van der Waals surface area contributed by atoms with Crippen LogP contribution in [-0.2, 0) is 55.0 Å². The first kappa shape index (κ1) is 96.2. The van der Waals surface area contributed by atoms with Gasteiger partial charge < -0.3 is 55.3 Å². The first-order valence-electron chi connectivity index (χ1n) is 44.1. The number of allylic oxidation sites excluding steroid dienone is 2. The van der Waals surface area contributed by atoms with Gasteiger partial charge in [0.05, 0.1) is 79.4 Å². The molecule has 0 saturated carbocycles. The van der Waals surface area contributed by atoms with Crippen molar-refractivity contribution in [3.63, 3.8) is 0 Å². The minimum atomic E-state index is -3.14. The molecule has 646 valence electrons. The normalized spacial score (nSPS) is 28.4. The number of benzene rings is 4. The van der Waals surface area contributed by atoms with E-state index in [4.69, 9.17) is 50.2 Å². The average molecular weight is 1700 g/mol. The fourth-order valence-corrected chi connectivity index (χ4v) is 31.8. The number of ketones is 1. The number of rotatable bonds is 32. The van der Waals surface area contributed by atoms with E-state index in [9.17, 15) is 9.90 Å². The lowest BCUT2D eigenvalue weighted by atomic mass is 9.79. The molecule has 9 rings (SSSR count). The van der Waals surface area contributed by atoms with Gasteiger partial charge in [-0.05, 0) is 178 Å². The molecule has 18 atom stereocenters. The Kier molecular flexibility index (Phi) is 31.3. The van der Waals surface area contributed by atoms with Gasteiger partial charge in [-0.1, -0.05) is 285 Å². The molecule has 0 radical (unpaired) electrons. The van der Waals surface area contributed by atoms with Crippen molar-refractivity contribution in [1.82, 2.24) is 0 Å². The smallest absolute Gasteiger partial charge is 0.261 e. The van der Waals surface area contributed by atoms with Gasteiger partial charge in [0.2, 0.25) is 0 Å². The standard InChI is InChI=1S/C97H156O13Si6/c1-32-33-54-80-89(108-112(26,27)93(9,10)11)91(110-114(30,31)95(15,16)17)90(109-113(28,29)94(12,13)14)88(105-80)81(106-111(24,25)92(6,7)8)59-56-71(98)55-57-72-64-68(3)78(101-72)60-58-73-63-67(2)69(4)82(102-73)65-84-86(99)70(5)87-85(103-84)66-83(107-116(97(21,22)23,76-50-42-36-43-51-76)77-52-44-37-45-53-77)79(104-87)61-62-100-115(96(18,19)20,74-46-38-34-39-47-74)75-48-40-35-41-49-75/h32,34-53,56,59,67,70,72-73,78-91,99H,1,3-4,33,54-55,57-58,60-66H2,2,5-31H3/b59-56+/t67-,70-,72+,73+,78+,79-,80+,81+,82-,83-,84+,85+,86-,87+,88-,89+,90-,91+/m1/s1. The summed E-state index contributed by atoms with van der Waals surface area (Å²) >= 11 is 0. The van der Waals surface area contributed by atoms with E-state index < -0.39 is 98.7 Å². The number of aliphatic hydroxyl groups is 1. The minimum absolute atomic E-state index is 0.00484. The summed E-state index contributed by atoms with van der Waals surface area (Å²) in [5, 5.41) is 16.5. The van der Waals surface area contributed by atoms with Crippen LogP contribution in [0.25, 0.3) is 0 Å². The van der Waals surface area contributed by atoms with Gasteiger partial charge in [-0.3, -0.25) is 4.79 Å². The van der Waals surface area contributed by atoms with Crippen LogP contribution in [-0.4, -0.2) is 165 Å². The van der Waals surface area contributed by atoms with Crippen LogP contribution in [0.3, 0.4) is 0 Å². The number of aliphatic hydroxyl groups excluding tert-OH is 1. The molecule has 5 saturated heterocycles. The summed E-state index contributed by atoms with van der Waals surface area (Å²) in [5.41, 5.74) is 2.07. The van der Waals surface area contributed by atoms with E-state index in [1.54, 1.807) is 6.08 Å². The van der Waals surface area contributed by atoms with Crippen LogP contribution in [0.1, 0.15) is 209 Å². The van der Waals surface area contributed by atoms with Gasteiger partial charge in [-0.25, -0.2) is 0 Å². The summed E-state index contributed by atoms with van der Waals surface area (Å²) in [7, 11) is -16.2. The Morgan fingerprint density at radius 1 is 0.500 bits per heavy atom. The predicted octanol–water partition coefficient (Wildman–Crippen LogP) is 21.3. The molecule has 19 heteroatoms. The number of ether oxygens (including phenoxy) is 5. The summed E-state index contributed by atoms with van der Waals surface area (Å²) in [6.45, 7) is 78.2. The van der Waals surface area contributed by atoms with Crippen LogP contribution in [0.2, 0.25) is 82.6 Å². The molecule has 0 aliphatic carbocycles. The van der Waals surface area contributed by atoms with Crippen molar-refractivity contribution < 1.29 is 60.1 Å². The number of hydrogen-bond acceptors (Lipinski definition) is 13. The van der Waals surface area contributed by atoms with Crippen LogP contribution in [0.4, 0.5) is 0 Å². The highest BCUT2D eigenvalue weighted by Gasteiger charge is 2.61. The molecule has 4 aromatic rings. The zero-order valence-electron chi connectivity index (χ0n) is 77.1. The Bertz CT molecular complexity index is 3790. The van der Waals surface area contributed by atoms with Crippen LogP contribution in [0, 0.1) is 11.8 Å². The topological polar surface area (TPSA) is 139 Å². The lowest BCUT2D eigenvalue weighted by Gasteiger charge is -2.56. The fraction of sp³-hybridized carbons (Fsp3) is 0.660. The van der Waals surface area contributed by atoms with Crippen LogP contribution >= 0.6 is 0 Å². The predicted molar refractivity (Wildman–Crippen MR) is 495 cm³/mol. The van der Waals surface area contributed by atoms with Crippen LogP contribution < -0.4 is 20.7 Å². The third-order valence-electron chi connectivity index (χ3n) is 28.5. The maximum Gasteiger partial charge on any atom is 0.261 e. The molecule has 5 heterocycles. The van der Waals surface area contributed by atoms with Gasteiger partial charge in [-0.15, -0.1) is 6.58 Å². The van der Waals surface area contributed by atoms with E-state index in [1.807, 2.05) is 12.2 Å². The van der Waals surface area contributed by atoms with Crippen molar-refractivity contribution in [2.75, 3.05) is 6.61 Å². The molecule has 0 unspecified atom stereocenters. The first-order valence-corrected chi connectivity index (χ1v) is 59.5. The summed E-state index contributed by atoms with van der Waals surface area (Å²) in [6.07, 6.45) is 5.85. The molecule has 0 aromatic heterocycles. The highest BCUT2D eigenvalue weighted by atomic mass is 28.4. The lowest BCUT2D eigenvalue weighted by molar-refractivity contribution is -0.267. The van der Waals surface area contributed by atoms with Crippen molar-refractivity contribution in [2.45, 2.75) is 389 Å². The van der Waals surface area contributed by atoms with Crippen molar-refractivity contribution in [2.24, 2.45) is 11.8 Å². The molecule has 0 amide bonds. The molecule has 116 heavy (non-hydrogen) atoms. The maximum atomic E-state index is 14.7. The molecule has 5 fully saturated rings. The van der Waals surface area contributed by atoms with Gasteiger partial charge in [0.15, 0.2) is 39.1 Å². The second-order valence-corrected chi connectivity index (χ2v) is 70.8. The summed E-state index contributed by atoms with van der Waals surface area (Å²) in [6, 6.07) is 43.5. The first-order chi connectivity index (χ1) is 53.7. The number of hydrogen-bond donors (Lipinski definition) is 1. The summed E-state index contributed by atoms with van der Waals surface area (Å²) < 4.78 is 83.3. The Morgan fingerprint density at radius 2 is 0.966 bits per heavy atom. The van der Waals surface area contributed by atoms with Gasteiger partial charge >= 0.3 is 0 Å². The minimum Gasteiger partial charge on any atom is -0.409 e. The molecular formula is C97H156O13Si6. The number of fused-ring (bicyclic) bond motifs is 1. The zero-order chi connectivity index (χ0) is 86.0. The van der Waals surface area contributed by atoms with Gasteiger partial charge in [0.1, 0.15) is 18.3 Å². The summed E-state index contributed by atoms with van der Waals surface area (Å²) in [5.74, 6) is -0.0784. The molecule has 4 aromatic carbocycles. The van der Waals surface area contributed by atoms with E-state index in [0.29, 0.717) is 51.6 Å². The molecule has 0 bridgehead atoms. The molecule has 5 aliphatic heterocycles. The van der Waals surface area contributed by atoms with Crippen LogP contribution in [0.15, 0.2) is 170 Å². The van der Waals surface area contributed by atoms with Gasteiger partial charge in [-0.2, -0.15) is 0 Å². The highest BCUT2D eigenvalue weighted by molar-refractivity contribution is 7.00. The second-order valence-electron chi connectivity index (χ2n) is 43.2. The number of carbonyl (C=O) groups excluding carboxylic acids is 1. The van der Waals surface area contributed by atoms with Crippen LogP contribution in [0.5, 0.6) is 0 Å². The average Bonchev–Trinajstić information content (AvgIpc) is 0.765. The summed E-state index contributed by atoms with van der Waals surface area (Å²) in [4.78, 5) is 14.7. The Hall–Kier alpha value is -3.67. The van der Waals surface area contributed by atoms with Crippen molar-refractivity contribution in [3.05, 3.63) is 170 Å². The monoisotopic (exact) mass is 1700 g/mol. The highest BCUT2D eigenvalue weighted by Crippen LogP contribution is 2.51. The van der Waals surface area contributed by atoms with E-state index >= 15 is 0 Å². The maximum absolute atomic E-state index is 14.7. The fourth-order valence-electron chi connectivity index (χ4n) is 17.3. The Morgan fingerprint density at radius 3 is 1.44 bits per heavy atom. The molecule has 13 nitrogen and oxygen atoms in total. The van der Waals surface area contributed by atoms with Crippen molar-refractivity contribution in [1.29, 1.82) is 0 Å². The van der Waals surface area contributed by atoms with Crippen molar-refractivity contribution in [3.8, 4) is 0 Å². The molecular weight excluding hydrogens is 1540 g/mol. The van der Waals surface area contributed by atoms with E-state index in [1.165, 1.54) is 20.7 Å². The third-order valence-corrected chi connectivity index (χ3v) is 56.5. The SMILES string of the molecule is C=CCC[C@@H]1O[C@H]([C@H](/C=C/C(=O)CC[C@H]2CC(=C)[C@H](CC[C@H]3C[C@@H](C)C(=C)[C@@H](C[C@@H]4O[C@H]5C[C@@H](O[Si](c6ccccc6)(c6ccccc6)C(C)(C)C)[C@@H](CCO[Si](c6ccccc6)(c6ccccc6)C(C)(C)C)O[C@H]5[C@H](C)[C@H]4O)O3)O2)O[Si](C)(C)C(C)(C)C)[C@@H](O[Si](C)(C)C(C)(C)C)[C@@H](O[Si](C)(C)C(C)(C)C)[C@H]1O[Si](C)(C)C(C)(C)C. The largest absolute Gasteiger partial charge is 0.409 e. The van der Waals surface area contributed by atoms with E-state index in [0.717, 1.165) is 36.8 Å². The van der Waals surface area contributed by atoms with E-state index in [2.05, 4.69) is 332 Å². The second kappa shape index (κ2) is 37.8. The lowest BCUT2D eigenvalue weighted by Crippen LogP contribution is -2.70. The quantitative estimate of drug-likeness (QED) is 0.0282. The van der Waals surface area contributed by atoms with Gasteiger partial charge in [0.25, 0.3) is 16.6 Å². The Balaban J connectivity index is 0.911. The number of carbonyl (C=O) groups is 1. The molecule has 1 N–H and O–H groups in total. The van der Waals surface area contributed by atoms with Gasteiger partial charge in [0, 0.05) is 31.8 Å². The third kappa shape index (κ3) is 21.9. The zero-order valence-corrected chi connectivity index (χ0v) is 83.1. The molecule has 5 aliphatic rings. The van der Waals surface area contributed by atoms with Crippen molar-refractivity contribution >= 4 is 76.4 Å². The van der Waals surface area contributed by atoms with E-state index in [-0.39, 0.29) is 96.7 Å². The Labute approximate surface area is 710 Å².